The van der Waals surface area contributed by atoms with Crippen LogP contribution in [0.5, 0.6) is 0 Å². The summed E-state index contributed by atoms with van der Waals surface area (Å²) < 4.78 is 14.7. The number of aromatic nitrogens is 1. The number of amides is 2. The molecule has 7 nitrogen and oxygen atoms in total. The van der Waals surface area contributed by atoms with Crippen molar-refractivity contribution in [3.05, 3.63) is 58.5 Å². The number of pyridine rings is 1. The highest BCUT2D eigenvalue weighted by molar-refractivity contribution is 5.95. The number of aryl methyl sites for hydroxylation is 1. The molecule has 2 amide bonds. The zero-order valence-electron chi connectivity index (χ0n) is 16.7. The lowest BCUT2D eigenvalue weighted by Gasteiger charge is -2.36. The number of nitrogens with zero attached hydrogens (tertiary/aromatic N) is 4. The van der Waals surface area contributed by atoms with Crippen LogP contribution in [0.3, 0.4) is 0 Å². The SMILES string of the molecule is Cc1cc(C#N)cnc1N1CCN(C(=O)c2ccc(C3CCNC3=O)cc2F)CC1. The molecule has 0 saturated carbocycles. The van der Waals surface area contributed by atoms with E-state index in [1.54, 1.807) is 23.2 Å². The zero-order valence-corrected chi connectivity index (χ0v) is 16.7. The molecule has 0 bridgehead atoms. The van der Waals surface area contributed by atoms with E-state index in [0.717, 1.165) is 11.4 Å². The molecule has 0 aliphatic carbocycles. The largest absolute Gasteiger partial charge is 0.356 e. The lowest BCUT2D eigenvalue weighted by molar-refractivity contribution is -0.120. The van der Waals surface area contributed by atoms with Gasteiger partial charge in [-0.2, -0.15) is 5.26 Å². The Hall–Kier alpha value is -3.47. The number of benzene rings is 1. The summed E-state index contributed by atoms with van der Waals surface area (Å²) in [4.78, 5) is 32.8. The summed E-state index contributed by atoms with van der Waals surface area (Å²) in [6, 6.07) is 8.33. The van der Waals surface area contributed by atoms with Crippen molar-refractivity contribution in [1.82, 2.24) is 15.2 Å². The molecule has 8 heteroatoms. The second-order valence-electron chi connectivity index (χ2n) is 7.63. The van der Waals surface area contributed by atoms with Crippen molar-refractivity contribution in [3.8, 4) is 6.07 Å². The number of hydrogen-bond donors (Lipinski definition) is 1. The van der Waals surface area contributed by atoms with Crippen LogP contribution in [-0.2, 0) is 4.79 Å². The van der Waals surface area contributed by atoms with E-state index in [1.165, 1.54) is 12.1 Å². The number of hydrogen-bond acceptors (Lipinski definition) is 5. The number of halogens is 1. The normalized spacial score (nSPS) is 18.8. The number of nitriles is 1. The molecule has 1 unspecified atom stereocenters. The summed E-state index contributed by atoms with van der Waals surface area (Å²) in [6.45, 7) is 4.55. The Morgan fingerprint density at radius 2 is 2.03 bits per heavy atom. The third kappa shape index (κ3) is 3.71. The van der Waals surface area contributed by atoms with Crippen LogP contribution in [0.2, 0.25) is 0 Å². The minimum atomic E-state index is -0.593. The monoisotopic (exact) mass is 407 g/mol. The van der Waals surface area contributed by atoms with E-state index in [-0.39, 0.29) is 23.3 Å². The molecule has 2 aliphatic heterocycles. The van der Waals surface area contributed by atoms with E-state index in [4.69, 9.17) is 5.26 Å². The highest BCUT2D eigenvalue weighted by atomic mass is 19.1. The standard InChI is InChI=1S/C22H22FN5O2/c1-14-10-15(12-24)13-26-20(14)27-6-8-28(9-7-27)22(30)18-3-2-16(11-19(18)23)17-4-5-25-21(17)29/h2-3,10-11,13,17H,4-9H2,1H3,(H,25,29). The van der Waals surface area contributed by atoms with Gasteiger partial charge in [-0.1, -0.05) is 6.07 Å². The number of rotatable bonds is 3. The Balaban J connectivity index is 1.43. The van der Waals surface area contributed by atoms with Gasteiger partial charge in [0.15, 0.2) is 0 Å². The minimum Gasteiger partial charge on any atom is -0.356 e. The summed E-state index contributed by atoms with van der Waals surface area (Å²) >= 11 is 0. The fourth-order valence-electron chi connectivity index (χ4n) is 4.09. The first-order valence-corrected chi connectivity index (χ1v) is 9.96. The molecule has 0 radical (unpaired) electrons. The first-order chi connectivity index (χ1) is 14.5. The second kappa shape index (κ2) is 8.11. The summed E-state index contributed by atoms with van der Waals surface area (Å²) in [6.07, 6.45) is 2.18. The van der Waals surface area contributed by atoms with Crippen LogP contribution in [0.4, 0.5) is 10.2 Å². The summed E-state index contributed by atoms with van der Waals surface area (Å²) in [5.74, 6) is -0.596. The van der Waals surface area contributed by atoms with E-state index in [0.29, 0.717) is 50.3 Å². The Kier molecular flexibility index (Phi) is 5.36. The predicted molar refractivity (Wildman–Crippen MR) is 109 cm³/mol. The number of carbonyl (C=O) groups is 2. The highest BCUT2D eigenvalue weighted by Crippen LogP contribution is 2.26. The van der Waals surface area contributed by atoms with Gasteiger partial charge >= 0.3 is 0 Å². The van der Waals surface area contributed by atoms with Crippen LogP contribution in [0.15, 0.2) is 30.5 Å². The first kappa shape index (κ1) is 19.8. The molecule has 3 heterocycles. The Morgan fingerprint density at radius 3 is 2.63 bits per heavy atom. The fraction of sp³-hybridized carbons (Fsp3) is 0.364. The van der Waals surface area contributed by atoms with Gasteiger partial charge < -0.3 is 15.1 Å². The van der Waals surface area contributed by atoms with Gasteiger partial charge in [-0.25, -0.2) is 9.37 Å². The third-order valence-corrected chi connectivity index (χ3v) is 5.72. The molecule has 30 heavy (non-hydrogen) atoms. The molecule has 1 N–H and O–H groups in total. The van der Waals surface area contributed by atoms with Gasteiger partial charge in [-0.15, -0.1) is 0 Å². The molecule has 4 rings (SSSR count). The zero-order chi connectivity index (χ0) is 21.3. The maximum absolute atomic E-state index is 14.7. The molecule has 1 aromatic heterocycles. The van der Waals surface area contributed by atoms with Crippen molar-refractivity contribution in [2.24, 2.45) is 0 Å². The smallest absolute Gasteiger partial charge is 0.256 e. The lowest BCUT2D eigenvalue weighted by atomic mass is 9.96. The van der Waals surface area contributed by atoms with Crippen LogP contribution >= 0.6 is 0 Å². The fourth-order valence-corrected chi connectivity index (χ4v) is 4.09. The van der Waals surface area contributed by atoms with Crippen molar-refractivity contribution in [2.45, 2.75) is 19.3 Å². The Morgan fingerprint density at radius 1 is 1.27 bits per heavy atom. The maximum Gasteiger partial charge on any atom is 0.256 e. The van der Waals surface area contributed by atoms with Crippen molar-refractivity contribution in [1.29, 1.82) is 5.26 Å². The van der Waals surface area contributed by atoms with Crippen LogP contribution in [0, 0.1) is 24.1 Å². The van der Waals surface area contributed by atoms with E-state index < -0.39 is 5.82 Å². The average Bonchev–Trinajstić information content (AvgIpc) is 3.19. The molecule has 154 valence electrons. The molecular formula is C22H22FN5O2. The van der Waals surface area contributed by atoms with Crippen LogP contribution in [0.1, 0.15) is 39.4 Å². The Bertz CT molecular complexity index is 1040. The van der Waals surface area contributed by atoms with E-state index in [1.807, 2.05) is 6.92 Å². The summed E-state index contributed by atoms with van der Waals surface area (Å²) in [7, 11) is 0. The van der Waals surface area contributed by atoms with Crippen molar-refractivity contribution in [3.63, 3.8) is 0 Å². The van der Waals surface area contributed by atoms with Crippen molar-refractivity contribution >= 4 is 17.6 Å². The Labute approximate surface area is 174 Å². The molecule has 2 aliphatic rings. The van der Waals surface area contributed by atoms with Gasteiger partial charge in [0.25, 0.3) is 5.91 Å². The van der Waals surface area contributed by atoms with Gasteiger partial charge in [0.05, 0.1) is 17.0 Å². The summed E-state index contributed by atoms with van der Waals surface area (Å²) in [5.41, 5.74) is 2.05. The molecule has 2 fully saturated rings. The maximum atomic E-state index is 14.7. The van der Waals surface area contributed by atoms with Crippen molar-refractivity contribution < 1.29 is 14.0 Å². The van der Waals surface area contributed by atoms with Crippen molar-refractivity contribution in [2.75, 3.05) is 37.6 Å². The quantitative estimate of drug-likeness (QED) is 0.840. The molecular weight excluding hydrogens is 385 g/mol. The summed E-state index contributed by atoms with van der Waals surface area (Å²) in [5, 5.41) is 11.7. The van der Waals surface area contributed by atoms with E-state index >= 15 is 0 Å². The molecule has 0 spiro atoms. The van der Waals surface area contributed by atoms with Gasteiger partial charge in [0.2, 0.25) is 5.91 Å². The molecule has 2 aromatic rings. The lowest BCUT2D eigenvalue weighted by Crippen LogP contribution is -2.49. The van der Waals surface area contributed by atoms with Gasteiger partial charge in [0, 0.05) is 38.9 Å². The molecule has 2 saturated heterocycles. The van der Waals surface area contributed by atoms with E-state index in [9.17, 15) is 14.0 Å². The number of nitrogens with one attached hydrogen (secondary N) is 1. The van der Waals surface area contributed by atoms with Crippen LogP contribution in [0.25, 0.3) is 0 Å². The number of anilines is 1. The second-order valence-corrected chi connectivity index (χ2v) is 7.63. The third-order valence-electron chi connectivity index (χ3n) is 5.72. The van der Waals surface area contributed by atoms with Gasteiger partial charge in [-0.3, -0.25) is 9.59 Å². The van der Waals surface area contributed by atoms with Gasteiger partial charge in [0.1, 0.15) is 17.7 Å². The number of carbonyl (C=O) groups excluding carboxylic acids is 2. The first-order valence-electron chi connectivity index (χ1n) is 9.96. The van der Waals surface area contributed by atoms with E-state index in [2.05, 4.69) is 21.3 Å². The topological polar surface area (TPSA) is 89.3 Å². The predicted octanol–water partition coefficient (Wildman–Crippen LogP) is 1.97. The van der Waals surface area contributed by atoms with Gasteiger partial charge in [-0.05, 0) is 42.7 Å². The highest BCUT2D eigenvalue weighted by Gasteiger charge is 2.29. The molecule has 1 atom stereocenters. The minimum absolute atomic E-state index is 0.0262. The average molecular weight is 407 g/mol. The number of piperazine rings is 1. The van der Waals surface area contributed by atoms with Crippen LogP contribution in [-0.4, -0.2) is 54.4 Å². The van der Waals surface area contributed by atoms with Crippen LogP contribution < -0.4 is 10.2 Å². The molecule has 1 aromatic carbocycles.